The maximum absolute atomic E-state index is 11.3. The summed E-state index contributed by atoms with van der Waals surface area (Å²) in [4.78, 5) is 17.5. The predicted molar refractivity (Wildman–Crippen MR) is 74.3 cm³/mol. The topological polar surface area (TPSA) is 62.7 Å². The van der Waals surface area contributed by atoms with Crippen LogP contribution >= 0.6 is 0 Å². The lowest BCUT2D eigenvalue weighted by Gasteiger charge is -2.16. The Kier molecular flexibility index (Phi) is 3.29. The third kappa shape index (κ3) is 2.31. The van der Waals surface area contributed by atoms with Crippen molar-refractivity contribution in [2.24, 2.45) is 0 Å². The molecule has 1 aromatic carbocycles. The normalized spacial score (nSPS) is 10.5. The molecule has 0 amide bonds. The van der Waals surface area contributed by atoms with Crippen LogP contribution in [0.3, 0.4) is 0 Å². The monoisotopic (exact) mass is 260 g/mol. The number of fused-ring (bicyclic) bond motifs is 1. The van der Waals surface area contributed by atoms with Crippen LogP contribution in [0, 0.1) is 6.92 Å². The van der Waals surface area contributed by atoms with Gasteiger partial charge in [0.25, 0.3) is 0 Å². The van der Waals surface area contributed by atoms with Crippen molar-refractivity contribution >= 4 is 22.7 Å². The number of carboxylic acids is 1. The van der Waals surface area contributed by atoms with E-state index in [2.05, 4.69) is 4.98 Å². The van der Waals surface area contributed by atoms with Crippen LogP contribution in [0.25, 0.3) is 10.9 Å². The van der Waals surface area contributed by atoms with E-state index in [1.807, 2.05) is 13.0 Å². The van der Waals surface area contributed by atoms with Gasteiger partial charge in [-0.1, -0.05) is 0 Å². The van der Waals surface area contributed by atoms with E-state index in [1.54, 1.807) is 38.2 Å². The number of hydrogen-bond acceptors (Lipinski definition) is 4. The Morgan fingerprint density at radius 1 is 1.32 bits per heavy atom. The minimum atomic E-state index is -0.987. The minimum absolute atomic E-state index is 0.185. The first-order valence-electron chi connectivity index (χ1n) is 5.84. The Bertz CT molecular complexity index is 651. The largest absolute Gasteiger partial charge is 0.497 e. The van der Waals surface area contributed by atoms with Gasteiger partial charge in [-0.05, 0) is 30.7 Å². The number of carboxylic acid groups (broad SMARTS) is 1. The molecule has 1 aromatic heterocycles. The first-order chi connectivity index (χ1) is 8.93. The summed E-state index contributed by atoms with van der Waals surface area (Å²) in [5.41, 5.74) is 1.93. The second-order valence-electron chi connectivity index (χ2n) is 4.58. The molecule has 0 radical (unpaired) electrons. The van der Waals surface area contributed by atoms with Crippen molar-refractivity contribution in [2.75, 3.05) is 26.1 Å². The average molecular weight is 260 g/mol. The van der Waals surface area contributed by atoms with Crippen molar-refractivity contribution in [3.8, 4) is 5.75 Å². The number of pyridine rings is 1. The summed E-state index contributed by atoms with van der Waals surface area (Å²) in [6.45, 7) is 1.93. The lowest BCUT2D eigenvalue weighted by Crippen LogP contribution is -2.16. The number of anilines is 1. The van der Waals surface area contributed by atoms with Crippen LogP contribution < -0.4 is 9.64 Å². The van der Waals surface area contributed by atoms with E-state index in [4.69, 9.17) is 4.74 Å². The van der Waals surface area contributed by atoms with Crippen LogP contribution in [0.15, 0.2) is 18.2 Å². The number of methoxy groups -OCH3 is 1. The molecule has 2 rings (SSSR count). The summed E-state index contributed by atoms with van der Waals surface area (Å²) in [6.07, 6.45) is 0. The van der Waals surface area contributed by atoms with Crippen molar-refractivity contribution in [3.63, 3.8) is 0 Å². The summed E-state index contributed by atoms with van der Waals surface area (Å²) in [7, 11) is 5.14. The Hall–Kier alpha value is -2.30. The van der Waals surface area contributed by atoms with E-state index in [9.17, 15) is 9.90 Å². The van der Waals surface area contributed by atoms with Gasteiger partial charge in [-0.15, -0.1) is 0 Å². The second kappa shape index (κ2) is 4.76. The Morgan fingerprint density at radius 3 is 2.53 bits per heavy atom. The molecule has 1 N–H and O–H groups in total. The first kappa shape index (κ1) is 13.1. The molecule has 0 unspecified atom stereocenters. The summed E-state index contributed by atoms with van der Waals surface area (Å²) in [5.74, 6) is 0.160. The highest BCUT2D eigenvalue weighted by Crippen LogP contribution is 2.28. The number of aromatic carboxylic acids is 1. The number of aryl methyl sites for hydroxylation is 1. The molecule has 5 nitrogen and oxygen atoms in total. The van der Waals surface area contributed by atoms with E-state index in [0.717, 1.165) is 16.5 Å². The van der Waals surface area contributed by atoms with Crippen molar-refractivity contribution in [2.45, 2.75) is 6.92 Å². The zero-order valence-corrected chi connectivity index (χ0v) is 11.4. The lowest BCUT2D eigenvalue weighted by molar-refractivity contribution is 0.0697. The number of aromatic nitrogens is 1. The van der Waals surface area contributed by atoms with Gasteiger partial charge in [-0.25, -0.2) is 9.78 Å². The van der Waals surface area contributed by atoms with Gasteiger partial charge in [-0.2, -0.15) is 0 Å². The van der Waals surface area contributed by atoms with Gasteiger partial charge in [0.15, 0.2) is 0 Å². The molecule has 100 valence electrons. The van der Waals surface area contributed by atoms with E-state index < -0.39 is 5.97 Å². The quantitative estimate of drug-likeness (QED) is 0.917. The molecule has 0 spiro atoms. The molecule has 19 heavy (non-hydrogen) atoms. The summed E-state index contributed by atoms with van der Waals surface area (Å²) < 4.78 is 5.20. The zero-order chi connectivity index (χ0) is 14.2. The molecule has 5 heteroatoms. The molecule has 0 saturated carbocycles. The highest BCUT2D eigenvalue weighted by molar-refractivity contribution is 5.99. The first-order valence-corrected chi connectivity index (χ1v) is 5.84. The van der Waals surface area contributed by atoms with Crippen molar-refractivity contribution in [1.82, 2.24) is 4.98 Å². The molecule has 0 aliphatic carbocycles. The maximum atomic E-state index is 11.3. The van der Waals surface area contributed by atoms with Crippen LogP contribution in [0.2, 0.25) is 0 Å². The SMILES string of the molecule is COc1cc(C)c2nc(N(C)C)c(C(=O)O)cc2c1. The molecule has 0 aliphatic rings. The van der Waals surface area contributed by atoms with Gasteiger partial charge in [0.05, 0.1) is 12.6 Å². The third-order valence-electron chi connectivity index (χ3n) is 2.95. The molecule has 0 fully saturated rings. The van der Waals surface area contributed by atoms with Gasteiger partial charge < -0.3 is 14.7 Å². The number of ether oxygens (including phenoxy) is 1. The summed E-state index contributed by atoms with van der Waals surface area (Å²) in [6, 6.07) is 5.31. The van der Waals surface area contributed by atoms with Gasteiger partial charge in [-0.3, -0.25) is 0 Å². The summed E-state index contributed by atoms with van der Waals surface area (Å²) >= 11 is 0. The van der Waals surface area contributed by atoms with Crippen LogP contribution in [-0.2, 0) is 0 Å². The third-order valence-corrected chi connectivity index (χ3v) is 2.95. The predicted octanol–water partition coefficient (Wildman–Crippen LogP) is 2.32. The van der Waals surface area contributed by atoms with Crippen LogP contribution in [0.4, 0.5) is 5.82 Å². The van der Waals surface area contributed by atoms with Crippen molar-refractivity contribution < 1.29 is 14.6 Å². The molecule has 1 heterocycles. The molecule has 0 atom stereocenters. The summed E-state index contributed by atoms with van der Waals surface area (Å²) in [5, 5.41) is 10.0. The highest BCUT2D eigenvalue weighted by Gasteiger charge is 2.16. The van der Waals surface area contributed by atoms with E-state index in [0.29, 0.717) is 11.6 Å². The van der Waals surface area contributed by atoms with Crippen LogP contribution in [0.5, 0.6) is 5.75 Å². The molecule has 0 saturated heterocycles. The smallest absolute Gasteiger partial charge is 0.339 e. The second-order valence-corrected chi connectivity index (χ2v) is 4.58. The van der Waals surface area contributed by atoms with E-state index in [-0.39, 0.29) is 5.56 Å². The fourth-order valence-corrected chi connectivity index (χ4v) is 2.04. The fourth-order valence-electron chi connectivity index (χ4n) is 2.04. The van der Waals surface area contributed by atoms with Crippen LogP contribution in [0.1, 0.15) is 15.9 Å². The number of rotatable bonds is 3. The molecule has 0 bridgehead atoms. The Balaban J connectivity index is 2.81. The number of benzene rings is 1. The van der Waals surface area contributed by atoms with Crippen molar-refractivity contribution in [3.05, 3.63) is 29.3 Å². The number of carbonyl (C=O) groups is 1. The standard InChI is InChI=1S/C14H16N2O3/c1-8-5-10(19-4)6-9-7-11(14(17)18)13(16(2)3)15-12(8)9/h5-7H,1-4H3,(H,17,18). The highest BCUT2D eigenvalue weighted by atomic mass is 16.5. The average Bonchev–Trinajstić information content (AvgIpc) is 2.36. The van der Waals surface area contributed by atoms with Gasteiger partial charge in [0.2, 0.25) is 0 Å². The lowest BCUT2D eigenvalue weighted by atomic mass is 10.1. The molecular weight excluding hydrogens is 244 g/mol. The number of hydrogen-bond donors (Lipinski definition) is 1. The van der Waals surface area contributed by atoms with Crippen molar-refractivity contribution in [1.29, 1.82) is 0 Å². The van der Waals surface area contributed by atoms with Gasteiger partial charge >= 0.3 is 5.97 Å². The maximum Gasteiger partial charge on any atom is 0.339 e. The minimum Gasteiger partial charge on any atom is -0.497 e. The van der Waals surface area contributed by atoms with Gasteiger partial charge in [0.1, 0.15) is 17.1 Å². The van der Waals surface area contributed by atoms with Crippen LogP contribution in [-0.4, -0.2) is 37.3 Å². The Morgan fingerprint density at radius 2 is 2.00 bits per heavy atom. The molecule has 2 aromatic rings. The van der Waals surface area contributed by atoms with Gasteiger partial charge in [0, 0.05) is 19.5 Å². The molecule has 0 aliphatic heterocycles. The van der Waals surface area contributed by atoms with E-state index in [1.165, 1.54) is 0 Å². The zero-order valence-electron chi connectivity index (χ0n) is 11.4. The fraction of sp³-hybridized carbons (Fsp3) is 0.286. The number of nitrogens with zero attached hydrogens (tertiary/aromatic N) is 2. The Labute approximate surface area is 111 Å². The van der Waals surface area contributed by atoms with E-state index >= 15 is 0 Å². The molecular formula is C14H16N2O3.